The molecule has 1 aliphatic heterocycles. The van der Waals surface area contributed by atoms with Crippen LogP contribution in [0.5, 0.6) is 0 Å². The van der Waals surface area contributed by atoms with Crippen LogP contribution in [-0.2, 0) is 16.4 Å². The molecule has 4 rings (SSSR count). The molecule has 1 aliphatic rings. The van der Waals surface area contributed by atoms with E-state index in [0.29, 0.717) is 29.6 Å². The van der Waals surface area contributed by atoms with Crippen LogP contribution in [0.2, 0.25) is 0 Å². The molecule has 7 heteroatoms. The van der Waals surface area contributed by atoms with E-state index in [1.165, 1.54) is 12.3 Å². The van der Waals surface area contributed by atoms with Gasteiger partial charge in [0.15, 0.2) is 0 Å². The summed E-state index contributed by atoms with van der Waals surface area (Å²) in [5, 5.41) is 0.103. The van der Waals surface area contributed by atoms with E-state index < -0.39 is 21.1 Å². The first-order valence-corrected chi connectivity index (χ1v) is 13.9. The molecule has 2 aromatic carbocycles. The third-order valence-corrected chi connectivity index (χ3v) is 8.60. The van der Waals surface area contributed by atoms with Crippen LogP contribution < -0.4 is 10.3 Å². The standard InChI is InChI=1S/C28H35FN2O3S/c1-6-7-8-30-17-27(35(33,34)22-11-18(2)9-19(3)12-22)28(32)23-13-24(29)26(14-25(23)30)31-15-20(4)10-21(5)16-31/h9,11-14,17,20-21H,6-8,10,15-16H2,1-5H3. The summed E-state index contributed by atoms with van der Waals surface area (Å²) in [6.07, 6.45) is 4.27. The number of anilines is 1. The van der Waals surface area contributed by atoms with Crippen LogP contribution in [0.1, 0.15) is 51.2 Å². The Labute approximate surface area is 207 Å². The second-order valence-electron chi connectivity index (χ2n) is 10.4. The maximum absolute atomic E-state index is 15.4. The molecule has 0 spiro atoms. The zero-order valence-corrected chi connectivity index (χ0v) is 22.1. The van der Waals surface area contributed by atoms with Gasteiger partial charge in [-0.1, -0.05) is 33.3 Å². The summed E-state index contributed by atoms with van der Waals surface area (Å²) in [6.45, 7) is 12.1. The predicted molar refractivity (Wildman–Crippen MR) is 140 cm³/mol. The zero-order chi connectivity index (χ0) is 25.5. The summed E-state index contributed by atoms with van der Waals surface area (Å²) in [5.74, 6) is 0.404. The van der Waals surface area contributed by atoms with Gasteiger partial charge in [0.05, 0.1) is 21.5 Å². The van der Waals surface area contributed by atoms with E-state index in [2.05, 4.69) is 25.7 Å². The second kappa shape index (κ2) is 9.76. The van der Waals surface area contributed by atoms with Crippen LogP contribution in [0, 0.1) is 31.5 Å². The third-order valence-electron chi connectivity index (χ3n) is 6.87. The molecule has 5 nitrogen and oxygen atoms in total. The van der Waals surface area contributed by atoms with Crippen molar-refractivity contribution in [2.75, 3.05) is 18.0 Å². The summed E-state index contributed by atoms with van der Waals surface area (Å²) in [6, 6.07) is 8.01. The number of aryl methyl sites for hydroxylation is 3. The quantitative estimate of drug-likeness (QED) is 0.426. The monoisotopic (exact) mass is 498 g/mol. The van der Waals surface area contributed by atoms with Crippen LogP contribution in [0.15, 0.2) is 51.1 Å². The van der Waals surface area contributed by atoms with Gasteiger partial charge in [0.1, 0.15) is 10.7 Å². The lowest BCUT2D eigenvalue weighted by Gasteiger charge is -2.37. The molecule has 35 heavy (non-hydrogen) atoms. The Hall–Kier alpha value is -2.67. The Balaban J connectivity index is 1.93. The summed E-state index contributed by atoms with van der Waals surface area (Å²) in [7, 11) is -4.08. The van der Waals surface area contributed by atoms with Crippen LogP contribution in [0.4, 0.5) is 10.1 Å². The van der Waals surface area contributed by atoms with Gasteiger partial charge in [0.25, 0.3) is 0 Å². The number of halogens is 1. The molecule has 3 aromatic rings. The van der Waals surface area contributed by atoms with Crippen molar-refractivity contribution in [3.63, 3.8) is 0 Å². The average molecular weight is 499 g/mol. The topological polar surface area (TPSA) is 59.4 Å². The molecule has 0 bridgehead atoms. The molecule has 188 valence electrons. The summed E-state index contributed by atoms with van der Waals surface area (Å²) < 4.78 is 44.4. The molecule has 1 fully saturated rings. The minimum Gasteiger partial charge on any atom is -0.369 e. The van der Waals surface area contributed by atoms with Crippen molar-refractivity contribution in [3.8, 4) is 0 Å². The molecular weight excluding hydrogens is 463 g/mol. The van der Waals surface area contributed by atoms with Gasteiger partial charge in [0.2, 0.25) is 15.3 Å². The van der Waals surface area contributed by atoms with Crippen molar-refractivity contribution < 1.29 is 12.8 Å². The van der Waals surface area contributed by atoms with Crippen molar-refractivity contribution in [2.45, 2.75) is 70.2 Å². The number of nitrogens with zero attached hydrogens (tertiary/aromatic N) is 2. The van der Waals surface area contributed by atoms with E-state index >= 15 is 4.39 Å². The van der Waals surface area contributed by atoms with Crippen LogP contribution in [0.25, 0.3) is 10.9 Å². The van der Waals surface area contributed by atoms with Gasteiger partial charge >= 0.3 is 0 Å². The van der Waals surface area contributed by atoms with E-state index in [-0.39, 0.29) is 15.2 Å². The van der Waals surface area contributed by atoms with E-state index in [9.17, 15) is 13.2 Å². The molecule has 1 aromatic heterocycles. The molecule has 0 aliphatic carbocycles. The number of piperidine rings is 1. The molecule has 2 heterocycles. The highest BCUT2D eigenvalue weighted by molar-refractivity contribution is 7.91. The van der Waals surface area contributed by atoms with Crippen molar-refractivity contribution >= 4 is 26.4 Å². The van der Waals surface area contributed by atoms with Crippen LogP contribution >= 0.6 is 0 Å². The van der Waals surface area contributed by atoms with Crippen molar-refractivity contribution in [1.29, 1.82) is 0 Å². The Morgan fingerprint density at radius 2 is 1.63 bits per heavy atom. The fraction of sp³-hybridized carbons (Fsp3) is 0.464. The molecule has 1 saturated heterocycles. The Morgan fingerprint density at radius 3 is 2.23 bits per heavy atom. The van der Waals surface area contributed by atoms with Crippen molar-refractivity contribution in [3.05, 3.63) is 63.7 Å². The fourth-order valence-corrected chi connectivity index (χ4v) is 6.95. The number of rotatable bonds is 6. The fourth-order valence-electron chi connectivity index (χ4n) is 5.39. The van der Waals surface area contributed by atoms with Gasteiger partial charge < -0.3 is 9.47 Å². The highest BCUT2D eigenvalue weighted by Gasteiger charge is 2.27. The molecule has 0 radical (unpaired) electrons. The average Bonchev–Trinajstić information content (AvgIpc) is 2.77. The van der Waals surface area contributed by atoms with E-state index in [1.807, 2.05) is 24.5 Å². The number of hydrogen-bond acceptors (Lipinski definition) is 4. The number of sulfone groups is 1. The van der Waals surface area contributed by atoms with Crippen molar-refractivity contribution in [1.82, 2.24) is 4.57 Å². The lowest BCUT2D eigenvalue weighted by atomic mass is 9.91. The summed E-state index contributed by atoms with van der Waals surface area (Å²) >= 11 is 0. The number of unbranched alkanes of at least 4 members (excludes halogenated alkanes) is 1. The smallest absolute Gasteiger partial charge is 0.211 e. The maximum atomic E-state index is 15.4. The number of hydrogen-bond donors (Lipinski definition) is 0. The number of benzene rings is 2. The predicted octanol–water partition coefficient (Wildman–Crippen LogP) is 5.87. The lowest BCUT2D eigenvalue weighted by molar-refractivity contribution is 0.354. The molecule has 0 amide bonds. The normalized spacial score (nSPS) is 18.9. The van der Waals surface area contributed by atoms with Gasteiger partial charge in [-0.25, -0.2) is 12.8 Å². The second-order valence-corrected chi connectivity index (χ2v) is 12.3. The third kappa shape index (κ3) is 5.01. The van der Waals surface area contributed by atoms with Gasteiger partial charge in [0, 0.05) is 25.8 Å². The zero-order valence-electron chi connectivity index (χ0n) is 21.3. The van der Waals surface area contributed by atoms with Gasteiger partial charge in [-0.2, -0.15) is 0 Å². The SMILES string of the molecule is CCCCn1cc(S(=O)(=O)c2cc(C)cc(C)c2)c(=O)c2cc(F)c(N3CC(C)CC(C)C3)cc21. The first-order valence-electron chi connectivity index (χ1n) is 12.5. The Kier molecular flexibility index (Phi) is 7.09. The highest BCUT2D eigenvalue weighted by Crippen LogP contribution is 2.32. The minimum absolute atomic E-state index is 0.0851. The Morgan fingerprint density at radius 1 is 1.00 bits per heavy atom. The molecule has 2 unspecified atom stereocenters. The first kappa shape index (κ1) is 25.4. The molecular formula is C28H35FN2O3S. The van der Waals surface area contributed by atoms with Crippen LogP contribution in [0.3, 0.4) is 0 Å². The maximum Gasteiger partial charge on any atom is 0.211 e. The minimum atomic E-state index is -4.08. The number of aromatic nitrogens is 1. The highest BCUT2D eigenvalue weighted by atomic mass is 32.2. The molecule has 2 atom stereocenters. The van der Waals surface area contributed by atoms with Gasteiger partial charge in [-0.15, -0.1) is 0 Å². The van der Waals surface area contributed by atoms with E-state index in [1.54, 1.807) is 18.2 Å². The van der Waals surface area contributed by atoms with E-state index in [4.69, 9.17) is 0 Å². The molecule has 0 N–H and O–H groups in total. The van der Waals surface area contributed by atoms with Crippen molar-refractivity contribution in [2.24, 2.45) is 11.8 Å². The summed E-state index contributed by atoms with van der Waals surface area (Å²) in [5.41, 5.74) is 2.00. The number of fused-ring (bicyclic) bond motifs is 1. The first-order chi connectivity index (χ1) is 16.5. The van der Waals surface area contributed by atoms with Gasteiger partial charge in [-0.05, 0) is 73.9 Å². The lowest BCUT2D eigenvalue weighted by Crippen LogP contribution is -2.39. The number of pyridine rings is 1. The van der Waals surface area contributed by atoms with Gasteiger partial charge in [-0.3, -0.25) is 4.79 Å². The largest absolute Gasteiger partial charge is 0.369 e. The van der Waals surface area contributed by atoms with Crippen LogP contribution in [-0.4, -0.2) is 26.1 Å². The molecule has 0 saturated carbocycles. The Bertz CT molecular complexity index is 1400. The summed E-state index contributed by atoms with van der Waals surface area (Å²) in [4.78, 5) is 15.4. The van der Waals surface area contributed by atoms with E-state index in [0.717, 1.165) is 43.5 Å².